The quantitative estimate of drug-likeness (QED) is 0.299. The highest BCUT2D eigenvalue weighted by Gasteiger charge is 2.20. The number of nitrogens with one attached hydrogen (secondary N) is 2. The first-order valence-corrected chi connectivity index (χ1v) is 10.0. The van der Waals surface area contributed by atoms with E-state index in [-0.39, 0.29) is 17.8 Å². The number of imide groups is 1. The lowest BCUT2D eigenvalue weighted by molar-refractivity contribution is -0.387. The van der Waals surface area contributed by atoms with Gasteiger partial charge in [0.05, 0.1) is 28.2 Å². The molecule has 3 rings (SSSR count). The van der Waals surface area contributed by atoms with Crippen molar-refractivity contribution in [2.75, 3.05) is 6.61 Å². The summed E-state index contributed by atoms with van der Waals surface area (Å²) in [6, 6.07) is 15.5. The van der Waals surface area contributed by atoms with Crippen molar-refractivity contribution in [2.24, 2.45) is 0 Å². The fraction of sp³-hybridized carbons (Fsp3) is 0.0952. The monoisotopic (exact) mass is 455 g/mol. The zero-order chi connectivity index (χ0) is 22.9. The minimum Gasteiger partial charge on any atom is -0.467 e. The van der Waals surface area contributed by atoms with Crippen LogP contribution in [0.4, 0.5) is 10.5 Å². The van der Waals surface area contributed by atoms with Crippen LogP contribution in [-0.2, 0) is 16.1 Å². The van der Waals surface area contributed by atoms with Gasteiger partial charge in [-0.1, -0.05) is 30.0 Å². The molecule has 0 saturated carbocycles. The molecule has 10 nitrogen and oxygen atoms in total. The van der Waals surface area contributed by atoms with Gasteiger partial charge in [0.2, 0.25) is 0 Å². The Kier molecular flexibility index (Phi) is 7.60. The molecule has 0 aliphatic carbocycles. The van der Waals surface area contributed by atoms with Crippen LogP contribution in [-0.4, -0.2) is 29.4 Å². The summed E-state index contributed by atoms with van der Waals surface area (Å²) in [6.07, 6.45) is 1.44. The lowest BCUT2D eigenvalue weighted by Gasteiger charge is -2.08. The van der Waals surface area contributed by atoms with Gasteiger partial charge in [-0.25, -0.2) is 9.59 Å². The molecule has 164 valence electrons. The molecule has 0 unspecified atom stereocenters. The molecular weight excluding hydrogens is 438 g/mol. The van der Waals surface area contributed by atoms with Crippen LogP contribution in [0.25, 0.3) is 0 Å². The molecule has 0 radical (unpaired) electrons. The zero-order valence-corrected chi connectivity index (χ0v) is 17.3. The number of nitro benzene ring substituents is 1. The number of urea groups is 1. The molecule has 0 aliphatic rings. The van der Waals surface area contributed by atoms with Gasteiger partial charge < -0.3 is 14.5 Å². The highest BCUT2D eigenvalue weighted by atomic mass is 32.2. The number of furan rings is 1. The van der Waals surface area contributed by atoms with Gasteiger partial charge in [-0.2, -0.15) is 0 Å². The summed E-state index contributed by atoms with van der Waals surface area (Å²) in [4.78, 5) is 47.7. The Hall–Kier alpha value is -4.12. The second-order valence-corrected chi connectivity index (χ2v) is 7.36. The van der Waals surface area contributed by atoms with Crippen LogP contribution in [0, 0.1) is 10.1 Å². The number of ether oxygens (including phenoxy) is 1. The van der Waals surface area contributed by atoms with Crippen molar-refractivity contribution >= 4 is 35.4 Å². The first kappa shape index (κ1) is 22.6. The van der Waals surface area contributed by atoms with Crippen LogP contribution in [0.15, 0.2) is 81.1 Å². The van der Waals surface area contributed by atoms with Crippen molar-refractivity contribution in [1.82, 2.24) is 10.6 Å². The summed E-state index contributed by atoms with van der Waals surface area (Å²) >= 11 is 1.18. The van der Waals surface area contributed by atoms with E-state index in [4.69, 9.17) is 9.15 Å². The zero-order valence-electron chi connectivity index (χ0n) is 16.5. The Bertz CT molecular complexity index is 1120. The number of benzene rings is 2. The maximum atomic E-state index is 12.2. The van der Waals surface area contributed by atoms with Crippen molar-refractivity contribution in [1.29, 1.82) is 0 Å². The van der Waals surface area contributed by atoms with Crippen LogP contribution in [0.5, 0.6) is 0 Å². The Balaban J connectivity index is 1.54. The van der Waals surface area contributed by atoms with E-state index in [1.807, 2.05) is 23.5 Å². The number of esters is 1. The lowest BCUT2D eigenvalue weighted by atomic mass is 10.2. The molecule has 3 aromatic rings. The highest BCUT2D eigenvalue weighted by Crippen LogP contribution is 2.35. The van der Waals surface area contributed by atoms with Crippen molar-refractivity contribution in [3.8, 4) is 0 Å². The number of hydrogen-bond donors (Lipinski definition) is 2. The van der Waals surface area contributed by atoms with Crippen molar-refractivity contribution < 1.29 is 28.5 Å². The number of nitrogens with zero attached hydrogens (tertiary/aromatic N) is 1. The van der Waals surface area contributed by atoms with E-state index in [1.165, 1.54) is 30.2 Å². The maximum Gasteiger partial charge on any atom is 0.338 e. The van der Waals surface area contributed by atoms with E-state index < -0.39 is 29.4 Å². The van der Waals surface area contributed by atoms with E-state index in [0.29, 0.717) is 10.7 Å². The van der Waals surface area contributed by atoms with E-state index in [2.05, 4.69) is 5.32 Å². The van der Waals surface area contributed by atoms with Gasteiger partial charge in [0, 0.05) is 11.0 Å². The van der Waals surface area contributed by atoms with Crippen LogP contribution >= 0.6 is 11.8 Å². The molecule has 0 fully saturated rings. The van der Waals surface area contributed by atoms with Crippen molar-refractivity contribution in [3.63, 3.8) is 0 Å². The predicted molar refractivity (Wildman–Crippen MR) is 113 cm³/mol. The molecule has 0 atom stereocenters. The van der Waals surface area contributed by atoms with Gasteiger partial charge in [-0.3, -0.25) is 20.2 Å². The van der Waals surface area contributed by atoms with Gasteiger partial charge in [0.1, 0.15) is 5.76 Å². The molecule has 2 aromatic carbocycles. The number of rotatable bonds is 8. The minimum atomic E-state index is -0.935. The van der Waals surface area contributed by atoms with E-state index in [0.717, 1.165) is 11.0 Å². The third kappa shape index (κ3) is 6.44. The van der Waals surface area contributed by atoms with Crippen LogP contribution in [0.3, 0.4) is 0 Å². The molecule has 0 spiro atoms. The van der Waals surface area contributed by atoms with Crippen LogP contribution < -0.4 is 10.6 Å². The van der Waals surface area contributed by atoms with Crippen LogP contribution in [0.1, 0.15) is 16.1 Å². The summed E-state index contributed by atoms with van der Waals surface area (Å²) < 4.78 is 9.89. The summed E-state index contributed by atoms with van der Waals surface area (Å²) in [5.41, 5.74) is -0.362. The Labute approximate surface area is 186 Å². The largest absolute Gasteiger partial charge is 0.467 e. The number of hydrogen-bond acceptors (Lipinski definition) is 8. The molecule has 0 saturated heterocycles. The smallest absolute Gasteiger partial charge is 0.338 e. The Morgan fingerprint density at radius 2 is 1.84 bits per heavy atom. The SMILES string of the molecule is O=C(COC(=O)c1ccc(Sc2ccccc2)c([N+](=O)[O-])c1)NC(=O)NCc1ccco1. The summed E-state index contributed by atoms with van der Waals surface area (Å²) in [5, 5.41) is 15.8. The lowest BCUT2D eigenvalue weighted by Crippen LogP contribution is -2.41. The molecule has 11 heteroatoms. The third-order valence-corrected chi connectivity index (χ3v) is 5.03. The first-order chi connectivity index (χ1) is 15.4. The fourth-order valence-electron chi connectivity index (χ4n) is 2.49. The summed E-state index contributed by atoms with van der Waals surface area (Å²) in [7, 11) is 0. The molecule has 2 N–H and O–H groups in total. The minimum absolute atomic E-state index is 0.0723. The Morgan fingerprint density at radius 1 is 1.06 bits per heavy atom. The molecule has 1 aromatic heterocycles. The van der Waals surface area contributed by atoms with Crippen molar-refractivity contribution in [2.45, 2.75) is 16.3 Å². The van der Waals surface area contributed by atoms with Gasteiger partial charge in [0.15, 0.2) is 6.61 Å². The fourth-order valence-corrected chi connectivity index (χ4v) is 3.41. The average Bonchev–Trinajstić information content (AvgIpc) is 3.30. The van der Waals surface area contributed by atoms with Gasteiger partial charge in [-0.05, 0) is 36.4 Å². The van der Waals surface area contributed by atoms with Crippen LogP contribution in [0.2, 0.25) is 0 Å². The second kappa shape index (κ2) is 10.8. The van der Waals surface area contributed by atoms with Gasteiger partial charge in [0.25, 0.3) is 11.6 Å². The first-order valence-electron chi connectivity index (χ1n) is 9.21. The van der Waals surface area contributed by atoms with Gasteiger partial charge in [-0.15, -0.1) is 0 Å². The normalized spacial score (nSPS) is 10.2. The highest BCUT2D eigenvalue weighted by molar-refractivity contribution is 7.99. The topological polar surface area (TPSA) is 141 Å². The number of amides is 3. The van der Waals surface area contributed by atoms with E-state index >= 15 is 0 Å². The third-order valence-electron chi connectivity index (χ3n) is 3.95. The van der Waals surface area contributed by atoms with Crippen molar-refractivity contribution in [3.05, 3.63) is 88.4 Å². The summed E-state index contributed by atoms with van der Waals surface area (Å²) in [6.45, 7) is -0.662. The molecular formula is C21H17N3O7S. The molecule has 3 amide bonds. The van der Waals surface area contributed by atoms with Gasteiger partial charge >= 0.3 is 12.0 Å². The predicted octanol–water partition coefficient (Wildman–Crippen LogP) is 3.52. The second-order valence-electron chi connectivity index (χ2n) is 6.24. The molecule has 32 heavy (non-hydrogen) atoms. The number of carbonyl (C=O) groups is 3. The Morgan fingerprint density at radius 3 is 2.53 bits per heavy atom. The summed E-state index contributed by atoms with van der Waals surface area (Å²) in [5.74, 6) is -1.30. The molecule has 1 heterocycles. The average molecular weight is 455 g/mol. The van der Waals surface area contributed by atoms with E-state index in [1.54, 1.807) is 24.3 Å². The molecule has 0 bridgehead atoms. The van der Waals surface area contributed by atoms with E-state index in [9.17, 15) is 24.5 Å². The number of nitro groups is 1. The molecule has 0 aliphatic heterocycles. The standard InChI is InChI=1S/C21H17N3O7S/c25-19(23-21(27)22-12-15-5-4-10-30-15)13-31-20(26)14-8-9-18(17(11-14)24(28)29)32-16-6-2-1-3-7-16/h1-11H,12-13H2,(H2,22,23,25,27). The maximum absolute atomic E-state index is 12.2. The number of carbonyl (C=O) groups excluding carboxylic acids is 3.